The topological polar surface area (TPSA) is 91.0 Å². The van der Waals surface area contributed by atoms with Crippen molar-refractivity contribution in [1.82, 2.24) is 5.32 Å². The first-order chi connectivity index (χ1) is 14.0. The van der Waals surface area contributed by atoms with Crippen LogP contribution in [0.25, 0.3) is 0 Å². The van der Waals surface area contributed by atoms with Crippen LogP contribution in [0, 0.1) is 5.82 Å². The number of hydrogen-bond acceptors (Lipinski definition) is 4. The molecule has 0 spiro atoms. The van der Waals surface area contributed by atoms with Gasteiger partial charge in [-0.15, -0.1) is 0 Å². The normalized spacial score (nSPS) is 13.1. The van der Waals surface area contributed by atoms with E-state index in [1.807, 2.05) is 0 Å². The van der Waals surface area contributed by atoms with Crippen LogP contribution >= 0.6 is 0 Å². The maximum absolute atomic E-state index is 13.1. The Morgan fingerprint density at radius 1 is 1.10 bits per heavy atom. The monoisotopic (exact) mass is 400 g/mol. The van der Waals surface area contributed by atoms with E-state index in [4.69, 9.17) is 4.74 Å². The minimum absolute atomic E-state index is 0.160. The van der Waals surface area contributed by atoms with Gasteiger partial charge < -0.3 is 15.4 Å². The zero-order chi connectivity index (χ0) is 20.8. The molecule has 152 valence electrons. The summed E-state index contributed by atoms with van der Waals surface area (Å²) >= 11 is 0. The molecule has 3 rings (SSSR count). The number of hydrogen-bond donors (Lipinski definition) is 2. The van der Waals surface area contributed by atoms with Gasteiger partial charge in [0.05, 0.1) is 18.0 Å². The van der Waals surface area contributed by atoms with Gasteiger partial charge in [-0.25, -0.2) is 9.18 Å². The smallest absolute Gasteiger partial charge is 0.326 e. The molecule has 0 unspecified atom stereocenters. The number of anilines is 3. The first-order valence-corrected chi connectivity index (χ1v) is 8.98. The van der Waals surface area contributed by atoms with Crippen molar-refractivity contribution in [3.05, 3.63) is 54.3 Å². The molecular formula is C20H21FN4O4. The molecule has 9 heteroatoms. The minimum Gasteiger partial charge on any atom is -0.383 e. The van der Waals surface area contributed by atoms with Gasteiger partial charge in [-0.2, -0.15) is 0 Å². The van der Waals surface area contributed by atoms with Crippen molar-refractivity contribution in [2.24, 2.45) is 0 Å². The molecule has 2 aromatic carbocycles. The lowest BCUT2D eigenvalue weighted by Crippen LogP contribution is -2.52. The number of rotatable bonds is 6. The number of nitrogens with zero attached hydrogens (tertiary/aromatic N) is 2. The Balaban J connectivity index is 1.77. The SMILES string of the molecule is COCCNC(=O)CN1C(=O)CN(C(=O)Nc2ccc(F)cc2)c2ccccc21. The highest BCUT2D eigenvalue weighted by atomic mass is 19.1. The van der Waals surface area contributed by atoms with Crippen LogP contribution in [-0.2, 0) is 14.3 Å². The number of fused-ring (bicyclic) bond motifs is 1. The van der Waals surface area contributed by atoms with Gasteiger partial charge in [0, 0.05) is 19.3 Å². The molecule has 1 aliphatic heterocycles. The molecule has 29 heavy (non-hydrogen) atoms. The van der Waals surface area contributed by atoms with Gasteiger partial charge in [-0.05, 0) is 36.4 Å². The Morgan fingerprint density at radius 3 is 2.48 bits per heavy atom. The number of urea groups is 1. The molecule has 1 heterocycles. The summed E-state index contributed by atoms with van der Waals surface area (Å²) in [4.78, 5) is 40.2. The quantitative estimate of drug-likeness (QED) is 0.726. The molecule has 0 fully saturated rings. The lowest BCUT2D eigenvalue weighted by Gasteiger charge is -2.35. The minimum atomic E-state index is -0.526. The lowest BCUT2D eigenvalue weighted by molar-refractivity contribution is -0.123. The summed E-state index contributed by atoms with van der Waals surface area (Å²) < 4.78 is 17.9. The highest BCUT2D eigenvalue weighted by Crippen LogP contribution is 2.33. The van der Waals surface area contributed by atoms with Crippen LogP contribution in [-0.4, -0.2) is 51.2 Å². The fraction of sp³-hybridized carbons (Fsp3) is 0.250. The van der Waals surface area contributed by atoms with Gasteiger partial charge in [0.15, 0.2) is 0 Å². The molecule has 0 saturated carbocycles. The highest BCUT2D eigenvalue weighted by molar-refractivity contribution is 6.14. The molecule has 0 aromatic heterocycles. The molecule has 0 atom stereocenters. The Hall–Kier alpha value is -3.46. The number of benzene rings is 2. The number of carbonyl (C=O) groups excluding carboxylic acids is 3. The van der Waals surface area contributed by atoms with Crippen LogP contribution in [0.1, 0.15) is 0 Å². The van der Waals surface area contributed by atoms with Crippen molar-refractivity contribution in [2.45, 2.75) is 0 Å². The lowest BCUT2D eigenvalue weighted by atomic mass is 10.1. The fourth-order valence-corrected chi connectivity index (χ4v) is 2.93. The molecule has 0 radical (unpaired) electrons. The summed E-state index contributed by atoms with van der Waals surface area (Å²) in [6, 6.07) is 11.6. The zero-order valence-electron chi connectivity index (χ0n) is 15.9. The largest absolute Gasteiger partial charge is 0.383 e. The second kappa shape index (κ2) is 9.16. The molecule has 0 bridgehead atoms. The third-order valence-corrected chi connectivity index (χ3v) is 4.33. The summed E-state index contributed by atoms with van der Waals surface area (Å²) in [5.74, 6) is -1.13. The Kier molecular flexibility index (Phi) is 6.40. The third-order valence-electron chi connectivity index (χ3n) is 4.33. The van der Waals surface area contributed by atoms with Gasteiger partial charge in [-0.1, -0.05) is 12.1 Å². The Morgan fingerprint density at radius 2 is 1.79 bits per heavy atom. The maximum atomic E-state index is 13.1. The maximum Gasteiger partial charge on any atom is 0.326 e. The Labute approximate surface area is 167 Å². The summed E-state index contributed by atoms with van der Waals surface area (Å²) in [5.41, 5.74) is 1.36. The van der Waals surface area contributed by atoms with Crippen LogP contribution in [0.4, 0.5) is 26.2 Å². The van der Waals surface area contributed by atoms with E-state index in [0.29, 0.717) is 30.2 Å². The second-order valence-electron chi connectivity index (χ2n) is 6.33. The van der Waals surface area contributed by atoms with Crippen molar-refractivity contribution in [3.8, 4) is 0 Å². The van der Waals surface area contributed by atoms with E-state index in [9.17, 15) is 18.8 Å². The van der Waals surface area contributed by atoms with E-state index in [-0.39, 0.29) is 24.9 Å². The summed E-state index contributed by atoms with van der Waals surface area (Å²) in [5, 5.41) is 5.32. The van der Waals surface area contributed by atoms with Gasteiger partial charge in [0.25, 0.3) is 0 Å². The van der Waals surface area contributed by atoms with Crippen LogP contribution in [0.3, 0.4) is 0 Å². The number of halogens is 1. The third kappa shape index (κ3) is 4.88. The molecule has 0 aliphatic carbocycles. The van der Waals surface area contributed by atoms with E-state index in [2.05, 4.69) is 10.6 Å². The summed E-state index contributed by atoms with van der Waals surface area (Å²) in [7, 11) is 1.53. The number of nitrogens with one attached hydrogen (secondary N) is 2. The van der Waals surface area contributed by atoms with Gasteiger partial charge in [0.1, 0.15) is 18.9 Å². The molecule has 2 aromatic rings. The average molecular weight is 400 g/mol. The van der Waals surface area contributed by atoms with Crippen molar-refractivity contribution >= 4 is 34.9 Å². The number of ether oxygens (including phenoxy) is 1. The molecule has 2 N–H and O–H groups in total. The first-order valence-electron chi connectivity index (χ1n) is 8.98. The van der Waals surface area contributed by atoms with Gasteiger partial charge >= 0.3 is 6.03 Å². The summed E-state index contributed by atoms with van der Waals surface area (Å²) in [6.07, 6.45) is 0. The van der Waals surface area contributed by atoms with Crippen LogP contribution in [0.2, 0.25) is 0 Å². The zero-order valence-corrected chi connectivity index (χ0v) is 15.9. The number of para-hydroxylation sites is 2. The fourth-order valence-electron chi connectivity index (χ4n) is 2.93. The standard InChI is InChI=1S/C20H21FN4O4/c1-29-11-10-22-18(26)12-24-16-4-2-3-5-17(16)25(13-19(24)27)20(28)23-15-8-6-14(21)7-9-15/h2-9H,10-13H2,1H3,(H,22,26)(H,23,28). The molecule has 1 aliphatic rings. The number of carbonyl (C=O) groups is 3. The van der Waals surface area contributed by atoms with Gasteiger partial charge in [-0.3, -0.25) is 19.4 Å². The van der Waals surface area contributed by atoms with Crippen LogP contribution in [0.15, 0.2) is 48.5 Å². The average Bonchev–Trinajstić information content (AvgIpc) is 2.71. The van der Waals surface area contributed by atoms with E-state index in [0.717, 1.165) is 0 Å². The van der Waals surface area contributed by atoms with E-state index < -0.39 is 11.8 Å². The predicted molar refractivity (Wildman–Crippen MR) is 106 cm³/mol. The second-order valence-corrected chi connectivity index (χ2v) is 6.33. The van der Waals surface area contributed by atoms with E-state index >= 15 is 0 Å². The van der Waals surface area contributed by atoms with Gasteiger partial charge in [0.2, 0.25) is 11.8 Å². The van der Waals surface area contributed by atoms with Crippen LogP contribution in [0.5, 0.6) is 0 Å². The molecule has 4 amide bonds. The first kappa shape index (κ1) is 20.3. The van der Waals surface area contributed by atoms with E-state index in [1.165, 1.54) is 41.2 Å². The Bertz CT molecular complexity index is 904. The van der Waals surface area contributed by atoms with Crippen molar-refractivity contribution in [3.63, 3.8) is 0 Å². The highest BCUT2D eigenvalue weighted by Gasteiger charge is 2.33. The molecule has 8 nitrogen and oxygen atoms in total. The van der Waals surface area contributed by atoms with Crippen LogP contribution < -0.4 is 20.4 Å². The molecular weight excluding hydrogens is 379 g/mol. The molecule has 0 saturated heterocycles. The summed E-state index contributed by atoms with van der Waals surface area (Å²) in [6.45, 7) is 0.321. The van der Waals surface area contributed by atoms with Crippen molar-refractivity contribution in [1.29, 1.82) is 0 Å². The number of methoxy groups -OCH3 is 1. The predicted octanol–water partition coefficient (Wildman–Crippen LogP) is 1.97. The number of amides is 4. The van der Waals surface area contributed by atoms with Crippen molar-refractivity contribution < 1.29 is 23.5 Å². The van der Waals surface area contributed by atoms with E-state index in [1.54, 1.807) is 24.3 Å². The van der Waals surface area contributed by atoms with Crippen molar-refractivity contribution in [2.75, 3.05) is 48.5 Å².